The molecular weight excluding hydrogens is 297 g/mol. The van der Waals surface area contributed by atoms with Crippen LogP contribution >= 0.6 is 11.6 Å². The van der Waals surface area contributed by atoms with E-state index in [4.69, 9.17) is 17.3 Å². The molecule has 0 aliphatic rings. The van der Waals surface area contributed by atoms with Gasteiger partial charge in [-0.1, -0.05) is 0 Å². The van der Waals surface area contributed by atoms with E-state index in [1.807, 2.05) is 0 Å². The monoisotopic (exact) mass is 310 g/mol. The number of hydrogen-bond acceptors (Lipinski definition) is 6. The molecule has 4 N–H and O–H groups in total. The number of halogens is 4. The second kappa shape index (κ2) is 6.62. The van der Waals surface area contributed by atoms with Gasteiger partial charge < -0.3 is 11.1 Å². The highest BCUT2D eigenvalue weighted by atomic mass is 35.5. The molecular formula is C10H14ClF3N6. The molecule has 0 atom stereocenters. The maximum absolute atomic E-state index is 12.6. The molecule has 0 amide bonds. The van der Waals surface area contributed by atoms with Crippen molar-refractivity contribution in [2.45, 2.75) is 12.7 Å². The van der Waals surface area contributed by atoms with E-state index in [-0.39, 0.29) is 17.6 Å². The van der Waals surface area contributed by atoms with Gasteiger partial charge in [-0.05, 0) is 11.6 Å². The first-order valence-corrected chi connectivity index (χ1v) is 5.83. The van der Waals surface area contributed by atoms with Gasteiger partial charge in [0.05, 0.1) is 0 Å². The number of nitrogens with two attached hydrogens (primary N) is 1. The molecule has 0 bridgehead atoms. The fraction of sp³-hybridized carbons (Fsp3) is 0.400. The van der Waals surface area contributed by atoms with Crippen molar-refractivity contribution in [3.8, 4) is 0 Å². The molecule has 0 unspecified atom stereocenters. The van der Waals surface area contributed by atoms with Crippen molar-refractivity contribution in [3.63, 3.8) is 0 Å². The van der Waals surface area contributed by atoms with Crippen LogP contribution in [0.4, 0.5) is 19.0 Å². The lowest BCUT2D eigenvalue weighted by Gasteiger charge is -2.21. The highest BCUT2D eigenvalue weighted by molar-refractivity contribution is 6.28. The Kier molecular flexibility index (Phi) is 5.40. The van der Waals surface area contributed by atoms with Crippen LogP contribution in [0, 0.1) is 0 Å². The maximum atomic E-state index is 12.6. The molecule has 1 aromatic heterocycles. The van der Waals surface area contributed by atoms with Crippen LogP contribution in [0.1, 0.15) is 5.56 Å². The summed E-state index contributed by atoms with van der Waals surface area (Å²) in [6.07, 6.45) is -2.24. The van der Waals surface area contributed by atoms with Gasteiger partial charge in [0.2, 0.25) is 5.28 Å². The number of hydrazine groups is 1. The molecule has 0 aliphatic heterocycles. The van der Waals surface area contributed by atoms with Crippen molar-refractivity contribution in [2.75, 3.05) is 19.5 Å². The zero-order chi connectivity index (χ0) is 15.3. The van der Waals surface area contributed by atoms with E-state index in [2.05, 4.69) is 20.7 Å². The molecule has 10 heteroatoms. The number of nitrogens with zero attached hydrogens (tertiary/aromatic N) is 3. The molecule has 20 heavy (non-hydrogen) atoms. The summed E-state index contributed by atoms with van der Waals surface area (Å²) in [5.41, 5.74) is 7.73. The second-order valence-electron chi connectivity index (χ2n) is 3.73. The number of aromatic nitrogens is 2. The zero-order valence-electron chi connectivity index (χ0n) is 10.8. The van der Waals surface area contributed by atoms with Crippen molar-refractivity contribution in [3.05, 3.63) is 28.9 Å². The topological polar surface area (TPSA) is 79.1 Å². The average molecular weight is 311 g/mol. The third kappa shape index (κ3) is 4.42. The van der Waals surface area contributed by atoms with Gasteiger partial charge >= 0.3 is 6.18 Å². The van der Waals surface area contributed by atoms with Crippen LogP contribution in [-0.4, -0.2) is 35.2 Å². The van der Waals surface area contributed by atoms with Crippen LogP contribution in [0.5, 0.6) is 0 Å². The minimum atomic E-state index is -4.48. The smallest absolute Gasteiger partial charge is 0.383 e. The largest absolute Gasteiger partial charge is 0.432 e. The second-order valence-corrected chi connectivity index (χ2v) is 4.07. The SMILES string of the molecule is CN/C(=C\N(C)Nc1nc(Cl)ncc1CN)C(F)(F)F. The van der Waals surface area contributed by atoms with Crippen LogP contribution in [-0.2, 0) is 6.54 Å². The van der Waals surface area contributed by atoms with Gasteiger partial charge in [0, 0.05) is 38.6 Å². The van der Waals surface area contributed by atoms with E-state index in [1.165, 1.54) is 20.3 Å². The number of nitrogens with one attached hydrogen (secondary N) is 2. The van der Waals surface area contributed by atoms with E-state index in [0.29, 0.717) is 5.56 Å². The van der Waals surface area contributed by atoms with Crippen molar-refractivity contribution >= 4 is 17.4 Å². The Morgan fingerprint density at radius 1 is 1.55 bits per heavy atom. The van der Waals surface area contributed by atoms with Gasteiger partial charge in [0.1, 0.15) is 5.70 Å². The summed E-state index contributed by atoms with van der Waals surface area (Å²) >= 11 is 5.63. The van der Waals surface area contributed by atoms with Gasteiger partial charge in [-0.25, -0.2) is 4.98 Å². The minimum Gasteiger partial charge on any atom is -0.383 e. The van der Waals surface area contributed by atoms with Gasteiger partial charge in [-0.3, -0.25) is 10.4 Å². The number of hydrogen-bond donors (Lipinski definition) is 3. The Bertz CT molecular complexity index is 490. The Hall–Kier alpha value is -1.74. The first kappa shape index (κ1) is 16.3. The third-order valence-electron chi connectivity index (χ3n) is 2.23. The van der Waals surface area contributed by atoms with E-state index >= 15 is 0 Å². The van der Waals surface area contributed by atoms with Crippen molar-refractivity contribution in [2.24, 2.45) is 5.73 Å². The summed E-state index contributed by atoms with van der Waals surface area (Å²) in [5, 5.41) is 3.13. The summed E-state index contributed by atoms with van der Waals surface area (Å²) in [6, 6.07) is 0. The first-order chi connectivity index (χ1) is 9.27. The van der Waals surface area contributed by atoms with Gasteiger partial charge in [-0.2, -0.15) is 18.2 Å². The fourth-order valence-electron chi connectivity index (χ4n) is 1.30. The lowest BCUT2D eigenvalue weighted by molar-refractivity contribution is -0.0970. The van der Waals surface area contributed by atoms with E-state index < -0.39 is 11.9 Å². The van der Waals surface area contributed by atoms with Crippen molar-refractivity contribution < 1.29 is 13.2 Å². The Labute approximate surface area is 118 Å². The summed E-state index contributed by atoms with van der Waals surface area (Å²) in [7, 11) is 2.57. The predicted octanol–water partition coefficient (Wildman–Crippen LogP) is 1.47. The number of allylic oxidation sites excluding steroid dienone is 1. The van der Waals surface area contributed by atoms with Crippen LogP contribution in [0.15, 0.2) is 18.1 Å². The summed E-state index contributed by atoms with van der Waals surface area (Å²) < 4.78 is 37.7. The van der Waals surface area contributed by atoms with Crippen molar-refractivity contribution in [1.82, 2.24) is 20.3 Å². The first-order valence-electron chi connectivity index (χ1n) is 5.45. The number of rotatable bonds is 5. The highest BCUT2D eigenvalue weighted by Gasteiger charge is 2.33. The van der Waals surface area contributed by atoms with Gasteiger partial charge in [0.15, 0.2) is 5.82 Å². The third-order valence-corrected chi connectivity index (χ3v) is 2.42. The Morgan fingerprint density at radius 3 is 2.70 bits per heavy atom. The molecule has 0 radical (unpaired) electrons. The van der Waals surface area contributed by atoms with E-state index in [1.54, 1.807) is 0 Å². The fourth-order valence-corrected chi connectivity index (χ4v) is 1.44. The van der Waals surface area contributed by atoms with Crippen LogP contribution in [0.3, 0.4) is 0 Å². The molecule has 1 rings (SSSR count). The van der Waals surface area contributed by atoms with E-state index in [0.717, 1.165) is 11.2 Å². The van der Waals surface area contributed by atoms with Crippen LogP contribution in [0.2, 0.25) is 5.28 Å². The Balaban J connectivity index is 2.93. The predicted molar refractivity (Wildman–Crippen MR) is 69.5 cm³/mol. The normalized spacial score (nSPS) is 12.2. The molecule has 0 aromatic carbocycles. The molecule has 1 heterocycles. The zero-order valence-corrected chi connectivity index (χ0v) is 11.5. The summed E-state index contributed by atoms with van der Waals surface area (Å²) in [6.45, 7) is 0.120. The van der Waals surface area contributed by atoms with Gasteiger partial charge in [0.25, 0.3) is 0 Å². The molecule has 0 spiro atoms. The van der Waals surface area contributed by atoms with E-state index in [9.17, 15) is 13.2 Å². The average Bonchev–Trinajstić information content (AvgIpc) is 2.34. The number of anilines is 1. The molecule has 6 nitrogen and oxygen atoms in total. The molecule has 0 saturated heterocycles. The lowest BCUT2D eigenvalue weighted by atomic mass is 10.3. The molecule has 0 fully saturated rings. The van der Waals surface area contributed by atoms with Crippen LogP contribution < -0.4 is 16.5 Å². The quantitative estimate of drug-likeness (QED) is 0.564. The summed E-state index contributed by atoms with van der Waals surface area (Å²) in [4.78, 5) is 7.61. The molecule has 112 valence electrons. The minimum absolute atomic E-state index is 0.0354. The van der Waals surface area contributed by atoms with Gasteiger partial charge in [-0.15, -0.1) is 0 Å². The lowest BCUT2D eigenvalue weighted by Crippen LogP contribution is -2.29. The maximum Gasteiger partial charge on any atom is 0.432 e. The molecule has 0 aliphatic carbocycles. The summed E-state index contributed by atoms with van der Waals surface area (Å²) in [5.74, 6) is 0.240. The van der Waals surface area contributed by atoms with Crippen molar-refractivity contribution in [1.29, 1.82) is 0 Å². The standard InChI is InChI=1S/C10H14ClF3N6/c1-16-7(10(12,13)14)5-20(2)19-8-6(3-15)4-17-9(11)18-8/h4-5,16H,3,15H2,1-2H3,(H,17,18,19)/b7-5-. The Morgan fingerprint density at radius 2 is 2.20 bits per heavy atom. The number of alkyl halides is 3. The molecule has 1 aromatic rings. The molecule has 0 saturated carbocycles. The highest BCUT2D eigenvalue weighted by Crippen LogP contribution is 2.23. The van der Waals surface area contributed by atoms with Crippen LogP contribution in [0.25, 0.3) is 0 Å².